The number of nitrogens with one attached hydrogen (secondary N) is 1. The molecule has 1 fully saturated rings. The van der Waals surface area contributed by atoms with Crippen molar-refractivity contribution in [3.05, 3.63) is 34.2 Å². The molecule has 11 N–H and O–H groups in total. The number of β-lactam (4-membered cyclic amide) rings is 1. The van der Waals surface area contributed by atoms with Crippen molar-refractivity contribution >= 4 is 74.6 Å². The maximum Gasteiger partial charge on any atom is 0.352 e. The average molecular weight is 613 g/mol. The lowest BCUT2D eigenvalue weighted by atomic mass is 10.0. The molecule has 4 rings (SSSR count). The van der Waals surface area contributed by atoms with E-state index in [-0.39, 0.29) is 39.0 Å². The number of nitrogens with zero attached hydrogens (tertiary/aromatic N) is 5. The van der Waals surface area contributed by atoms with Gasteiger partial charge in [-0.05, 0) is 18.6 Å². The Morgan fingerprint density at radius 1 is 1.35 bits per heavy atom. The highest BCUT2D eigenvalue weighted by Crippen LogP contribution is 2.41. The number of aromatic nitrogens is 1. The lowest BCUT2D eigenvalue weighted by molar-refractivity contribution is -0.150. The van der Waals surface area contributed by atoms with E-state index in [4.69, 9.17) is 33.0 Å². The fourth-order valence-electron chi connectivity index (χ4n) is 3.63. The molecule has 3 aliphatic rings. The molecular formula is C20H24N10O7S3. The van der Waals surface area contributed by atoms with Gasteiger partial charge in [-0.15, -0.1) is 23.1 Å². The summed E-state index contributed by atoms with van der Waals surface area (Å²) >= 11 is 3.37. The molecule has 214 valence electrons. The van der Waals surface area contributed by atoms with E-state index in [9.17, 15) is 24.3 Å². The summed E-state index contributed by atoms with van der Waals surface area (Å²) in [5, 5.41) is 27.4. The molecule has 40 heavy (non-hydrogen) atoms. The van der Waals surface area contributed by atoms with Gasteiger partial charge in [-0.25, -0.2) is 25.4 Å². The lowest BCUT2D eigenvalue weighted by Crippen LogP contribution is -2.71. The molecule has 2 amide bonds. The SMILES string of the molecule is CC(O/N=C(\C(=O)NC1C(=O)N2C(C(=O)O)=C(CSC3=NC(N)=CC(N)N3N)CS[C@@H]12)c1csc(N)n1)C(=O)O. The van der Waals surface area contributed by atoms with E-state index in [1.165, 1.54) is 35.2 Å². The summed E-state index contributed by atoms with van der Waals surface area (Å²) in [4.78, 5) is 63.5. The quantitative estimate of drug-likeness (QED) is 0.0688. The fraction of sp³-hybridized carbons (Fsp3) is 0.350. The number of rotatable bonds is 9. The van der Waals surface area contributed by atoms with Gasteiger partial charge in [-0.2, -0.15) is 0 Å². The molecule has 3 unspecified atom stereocenters. The Bertz CT molecular complexity index is 1380. The number of thioether (sulfide) groups is 2. The van der Waals surface area contributed by atoms with Crippen molar-refractivity contribution in [2.75, 3.05) is 17.2 Å². The number of oxime groups is 1. The second-order valence-corrected chi connectivity index (χ2v) is 11.3. The Morgan fingerprint density at radius 2 is 2.08 bits per heavy atom. The fourth-order valence-corrected chi connectivity index (χ4v) is 6.63. The lowest BCUT2D eigenvalue weighted by Gasteiger charge is -2.49. The number of hydrogen-bond donors (Lipinski definition) is 7. The topological polar surface area (TPSA) is 278 Å². The van der Waals surface area contributed by atoms with Crippen molar-refractivity contribution in [3.63, 3.8) is 0 Å². The number of hydrazine groups is 1. The number of amides is 2. The first-order chi connectivity index (χ1) is 18.9. The number of anilines is 1. The first-order valence-electron chi connectivity index (χ1n) is 11.3. The second-order valence-electron chi connectivity index (χ2n) is 8.39. The molecule has 4 heterocycles. The summed E-state index contributed by atoms with van der Waals surface area (Å²) in [5.74, 6) is 2.27. The predicted octanol–water partition coefficient (Wildman–Crippen LogP) is -1.98. The van der Waals surface area contributed by atoms with Crippen LogP contribution in [0.4, 0.5) is 5.13 Å². The molecule has 0 radical (unpaired) electrons. The molecule has 1 aromatic rings. The van der Waals surface area contributed by atoms with Gasteiger partial charge in [0.1, 0.15) is 34.8 Å². The Balaban J connectivity index is 1.50. The Morgan fingerprint density at radius 3 is 2.70 bits per heavy atom. The number of carbonyl (C=O) groups excluding carboxylic acids is 2. The van der Waals surface area contributed by atoms with Crippen LogP contribution in [0.25, 0.3) is 0 Å². The van der Waals surface area contributed by atoms with E-state index >= 15 is 0 Å². The van der Waals surface area contributed by atoms with Gasteiger partial charge in [0, 0.05) is 16.9 Å². The van der Waals surface area contributed by atoms with Gasteiger partial charge in [0.05, 0.1) is 0 Å². The largest absolute Gasteiger partial charge is 0.478 e. The highest BCUT2D eigenvalue weighted by Gasteiger charge is 2.54. The molecule has 1 saturated heterocycles. The second kappa shape index (κ2) is 11.7. The molecule has 1 aromatic heterocycles. The highest BCUT2D eigenvalue weighted by atomic mass is 32.2. The summed E-state index contributed by atoms with van der Waals surface area (Å²) in [7, 11) is 0. The summed E-state index contributed by atoms with van der Waals surface area (Å²) in [5.41, 5.74) is 17.1. The summed E-state index contributed by atoms with van der Waals surface area (Å²) in [6.45, 7) is 1.21. The molecule has 0 saturated carbocycles. The van der Waals surface area contributed by atoms with Crippen molar-refractivity contribution in [1.82, 2.24) is 20.2 Å². The van der Waals surface area contributed by atoms with Crippen LogP contribution >= 0.6 is 34.9 Å². The number of nitrogens with two attached hydrogens (primary N) is 4. The van der Waals surface area contributed by atoms with Crippen molar-refractivity contribution in [3.8, 4) is 0 Å². The van der Waals surface area contributed by atoms with Crippen LogP contribution in [0.15, 0.2) is 38.7 Å². The molecule has 3 aliphatic heterocycles. The van der Waals surface area contributed by atoms with E-state index in [0.29, 0.717) is 5.57 Å². The van der Waals surface area contributed by atoms with E-state index in [2.05, 4.69) is 20.4 Å². The average Bonchev–Trinajstić information content (AvgIpc) is 3.33. The Hall–Kier alpha value is -3.85. The van der Waals surface area contributed by atoms with Crippen molar-refractivity contribution in [1.29, 1.82) is 0 Å². The number of hydrogen-bond acceptors (Lipinski definition) is 16. The molecule has 0 spiro atoms. The number of carboxylic acids is 2. The van der Waals surface area contributed by atoms with Gasteiger partial charge >= 0.3 is 11.9 Å². The van der Waals surface area contributed by atoms with Crippen molar-refractivity contribution < 1.29 is 34.2 Å². The maximum absolute atomic E-state index is 13.1. The minimum atomic E-state index is -1.37. The van der Waals surface area contributed by atoms with Crippen LogP contribution in [-0.2, 0) is 24.0 Å². The normalized spacial score (nSPS) is 23.5. The van der Waals surface area contributed by atoms with Gasteiger partial charge in [0.2, 0.25) is 6.10 Å². The first kappa shape index (κ1) is 29.1. The van der Waals surface area contributed by atoms with Gasteiger partial charge < -0.3 is 37.6 Å². The van der Waals surface area contributed by atoms with Crippen molar-refractivity contribution in [2.45, 2.75) is 30.6 Å². The van der Waals surface area contributed by atoms with Gasteiger partial charge in [0.25, 0.3) is 11.8 Å². The van der Waals surface area contributed by atoms with E-state index in [0.717, 1.165) is 28.0 Å². The standard InChI is InChI=1S/C20H24N10O7S3/c1-6(17(33)34)37-28-11(8-5-39-19(23)25-8)14(31)27-12-15(32)29-13(18(35)36)7(3-38-16(12)29)4-40-20-26-9(21)2-10(22)30(20)24/h2,5-6,10,12,16H,3-4,21-22,24H2,1H3,(H2,23,25)(H,27,31)(H,33,34)(H,35,36)/b28-11-/t6?,10?,12?,16-/m0/s1. The minimum Gasteiger partial charge on any atom is -0.478 e. The molecule has 0 aliphatic carbocycles. The van der Waals surface area contributed by atoms with Gasteiger partial charge in [-0.1, -0.05) is 16.9 Å². The van der Waals surface area contributed by atoms with Crippen molar-refractivity contribution in [2.24, 2.45) is 27.5 Å². The number of nitrogen functional groups attached to an aromatic ring is 1. The zero-order valence-electron chi connectivity index (χ0n) is 20.6. The number of amidine groups is 1. The third-order valence-electron chi connectivity index (χ3n) is 5.65. The van der Waals surface area contributed by atoms with E-state index < -0.39 is 53.2 Å². The first-order valence-corrected chi connectivity index (χ1v) is 14.2. The van der Waals surface area contributed by atoms with Crippen LogP contribution in [0.2, 0.25) is 0 Å². The molecule has 20 heteroatoms. The smallest absolute Gasteiger partial charge is 0.352 e. The van der Waals surface area contributed by atoms with E-state index in [1.807, 2.05) is 0 Å². The summed E-state index contributed by atoms with van der Waals surface area (Å²) < 4.78 is 0. The van der Waals surface area contributed by atoms with Gasteiger partial charge in [0.15, 0.2) is 16.0 Å². The van der Waals surface area contributed by atoms with Crippen LogP contribution in [0.3, 0.4) is 0 Å². The third-order valence-corrected chi connectivity index (χ3v) is 8.72. The number of aliphatic imine (C=N–C) groups is 1. The predicted molar refractivity (Wildman–Crippen MR) is 147 cm³/mol. The highest BCUT2D eigenvalue weighted by molar-refractivity contribution is 8.14. The Labute approximate surface area is 238 Å². The summed E-state index contributed by atoms with van der Waals surface area (Å²) in [6, 6.07) is -1.09. The summed E-state index contributed by atoms with van der Waals surface area (Å²) in [6.07, 6.45) is -0.619. The van der Waals surface area contributed by atoms with Crippen LogP contribution in [0.5, 0.6) is 0 Å². The van der Waals surface area contributed by atoms with Crippen LogP contribution in [-0.4, -0.2) is 94.9 Å². The van der Waals surface area contributed by atoms with Crippen LogP contribution < -0.4 is 28.4 Å². The minimum absolute atomic E-state index is 0.0118. The number of carbonyl (C=O) groups is 4. The molecule has 0 aromatic carbocycles. The molecule has 4 atom stereocenters. The molecule has 0 bridgehead atoms. The van der Waals surface area contributed by atoms with E-state index in [1.54, 1.807) is 0 Å². The molecule has 17 nitrogen and oxygen atoms in total. The monoisotopic (exact) mass is 612 g/mol. The number of fused-ring (bicyclic) bond motifs is 1. The van der Waals surface area contributed by atoms with Crippen LogP contribution in [0.1, 0.15) is 12.6 Å². The number of thiazole rings is 1. The molecular weight excluding hydrogens is 588 g/mol. The number of carboxylic acid groups (broad SMARTS) is 2. The third kappa shape index (κ3) is 5.84. The zero-order chi connectivity index (χ0) is 29.3. The number of aliphatic carboxylic acids is 2. The maximum atomic E-state index is 13.1. The van der Waals surface area contributed by atoms with Gasteiger partial charge in [-0.3, -0.25) is 19.5 Å². The van der Waals surface area contributed by atoms with Crippen LogP contribution in [0, 0.1) is 0 Å². The zero-order valence-corrected chi connectivity index (χ0v) is 23.0. The Kier molecular flexibility index (Phi) is 8.54.